The van der Waals surface area contributed by atoms with E-state index < -0.39 is 0 Å². The molecule has 0 saturated carbocycles. The van der Waals surface area contributed by atoms with Crippen molar-refractivity contribution in [3.63, 3.8) is 0 Å². The highest BCUT2D eigenvalue weighted by Gasteiger charge is 2.13. The molecule has 1 unspecified atom stereocenters. The molecule has 0 radical (unpaired) electrons. The average Bonchev–Trinajstić information content (AvgIpc) is 2.22. The molecular weight excluding hydrogens is 226 g/mol. The molecule has 0 fully saturated rings. The third-order valence-electron chi connectivity index (χ3n) is 2.38. The number of aliphatic hydroxyl groups is 1. The fourth-order valence-electron chi connectivity index (χ4n) is 1.39. The normalized spacial score (nSPS) is 12.2. The standard InChI is InChI=1S/C12H16ClNO2/c1-8-4-3-5-10(11(8)13)12(16)14-9(2)6-7-15/h3-5,9,15H,6-7H2,1-2H3,(H,14,16). The molecule has 0 aliphatic heterocycles. The van der Waals surface area contributed by atoms with Crippen LogP contribution in [-0.2, 0) is 0 Å². The van der Waals surface area contributed by atoms with Crippen LogP contribution in [0.1, 0.15) is 29.3 Å². The zero-order valence-electron chi connectivity index (χ0n) is 9.46. The molecule has 3 nitrogen and oxygen atoms in total. The monoisotopic (exact) mass is 241 g/mol. The second kappa shape index (κ2) is 5.87. The third-order valence-corrected chi connectivity index (χ3v) is 2.88. The van der Waals surface area contributed by atoms with Crippen molar-refractivity contribution in [3.8, 4) is 0 Å². The van der Waals surface area contributed by atoms with Crippen molar-refractivity contribution in [3.05, 3.63) is 34.3 Å². The van der Waals surface area contributed by atoms with Crippen molar-refractivity contribution >= 4 is 17.5 Å². The van der Waals surface area contributed by atoms with Crippen LogP contribution in [-0.4, -0.2) is 23.7 Å². The molecule has 0 aliphatic rings. The van der Waals surface area contributed by atoms with E-state index in [1.165, 1.54) is 0 Å². The van der Waals surface area contributed by atoms with Crippen LogP contribution >= 0.6 is 11.6 Å². The fraction of sp³-hybridized carbons (Fsp3) is 0.417. The number of rotatable bonds is 4. The van der Waals surface area contributed by atoms with Crippen LogP contribution in [0, 0.1) is 6.92 Å². The molecule has 4 heteroatoms. The van der Waals surface area contributed by atoms with Gasteiger partial charge in [-0.15, -0.1) is 0 Å². The van der Waals surface area contributed by atoms with E-state index in [9.17, 15) is 4.79 Å². The van der Waals surface area contributed by atoms with Crippen LogP contribution in [0.15, 0.2) is 18.2 Å². The van der Waals surface area contributed by atoms with E-state index in [1.54, 1.807) is 12.1 Å². The number of aliphatic hydroxyl groups excluding tert-OH is 1. The number of amides is 1. The predicted octanol–water partition coefficient (Wildman–Crippen LogP) is 2.15. The van der Waals surface area contributed by atoms with E-state index in [2.05, 4.69) is 5.32 Å². The van der Waals surface area contributed by atoms with Gasteiger partial charge in [-0.25, -0.2) is 0 Å². The Kier molecular flexibility index (Phi) is 4.77. The van der Waals surface area contributed by atoms with Crippen LogP contribution in [0.25, 0.3) is 0 Å². The van der Waals surface area contributed by atoms with Crippen LogP contribution in [0.3, 0.4) is 0 Å². The Balaban J connectivity index is 2.77. The number of nitrogens with one attached hydrogen (secondary N) is 1. The van der Waals surface area contributed by atoms with Crippen molar-refractivity contribution in [2.24, 2.45) is 0 Å². The number of hydrogen-bond acceptors (Lipinski definition) is 2. The van der Waals surface area contributed by atoms with Gasteiger partial charge in [0.05, 0.1) is 10.6 Å². The van der Waals surface area contributed by atoms with Gasteiger partial charge in [-0.3, -0.25) is 4.79 Å². The number of benzene rings is 1. The highest BCUT2D eigenvalue weighted by Crippen LogP contribution is 2.20. The Morgan fingerprint density at radius 3 is 2.88 bits per heavy atom. The van der Waals surface area contributed by atoms with E-state index in [-0.39, 0.29) is 18.6 Å². The molecule has 2 N–H and O–H groups in total. The lowest BCUT2D eigenvalue weighted by Gasteiger charge is -2.13. The van der Waals surface area contributed by atoms with Gasteiger partial charge in [0.1, 0.15) is 0 Å². The van der Waals surface area contributed by atoms with Gasteiger partial charge in [0.2, 0.25) is 0 Å². The Morgan fingerprint density at radius 2 is 2.25 bits per heavy atom. The van der Waals surface area contributed by atoms with Crippen LogP contribution in [0.2, 0.25) is 5.02 Å². The largest absolute Gasteiger partial charge is 0.396 e. The van der Waals surface area contributed by atoms with Crippen LogP contribution in [0.4, 0.5) is 0 Å². The maximum atomic E-state index is 11.8. The summed E-state index contributed by atoms with van der Waals surface area (Å²) in [6, 6.07) is 5.29. The van der Waals surface area contributed by atoms with Crippen molar-refractivity contribution in [1.29, 1.82) is 0 Å². The summed E-state index contributed by atoms with van der Waals surface area (Å²) in [5.41, 5.74) is 1.36. The number of carbonyl (C=O) groups excluding carboxylic acids is 1. The van der Waals surface area contributed by atoms with Gasteiger partial charge in [-0.05, 0) is 31.9 Å². The van der Waals surface area contributed by atoms with Gasteiger partial charge in [-0.2, -0.15) is 0 Å². The van der Waals surface area contributed by atoms with Gasteiger partial charge in [0.25, 0.3) is 5.91 Å². The maximum absolute atomic E-state index is 11.8. The lowest BCUT2D eigenvalue weighted by Crippen LogP contribution is -2.33. The summed E-state index contributed by atoms with van der Waals surface area (Å²) in [6.45, 7) is 3.76. The fourth-order valence-corrected chi connectivity index (χ4v) is 1.60. The van der Waals surface area contributed by atoms with E-state index in [4.69, 9.17) is 16.7 Å². The zero-order valence-corrected chi connectivity index (χ0v) is 10.2. The van der Waals surface area contributed by atoms with Gasteiger partial charge in [-0.1, -0.05) is 23.7 Å². The van der Waals surface area contributed by atoms with E-state index in [0.717, 1.165) is 5.56 Å². The molecule has 0 saturated heterocycles. The predicted molar refractivity (Wildman–Crippen MR) is 64.8 cm³/mol. The summed E-state index contributed by atoms with van der Waals surface area (Å²) in [6.07, 6.45) is 0.537. The second-order valence-corrected chi connectivity index (χ2v) is 4.20. The topological polar surface area (TPSA) is 49.3 Å². The van der Waals surface area contributed by atoms with Gasteiger partial charge in [0.15, 0.2) is 0 Å². The summed E-state index contributed by atoms with van der Waals surface area (Å²) in [5, 5.41) is 12.0. The first-order valence-electron chi connectivity index (χ1n) is 5.23. The minimum atomic E-state index is -0.199. The third kappa shape index (κ3) is 3.22. The van der Waals surface area contributed by atoms with Gasteiger partial charge in [0, 0.05) is 12.6 Å². The minimum Gasteiger partial charge on any atom is -0.396 e. The van der Waals surface area contributed by atoms with Crippen molar-refractivity contribution in [2.45, 2.75) is 26.3 Å². The summed E-state index contributed by atoms with van der Waals surface area (Å²) < 4.78 is 0. The van der Waals surface area contributed by atoms with Crippen molar-refractivity contribution in [2.75, 3.05) is 6.61 Å². The molecule has 16 heavy (non-hydrogen) atoms. The maximum Gasteiger partial charge on any atom is 0.253 e. The highest BCUT2D eigenvalue weighted by molar-refractivity contribution is 6.34. The quantitative estimate of drug-likeness (QED) is 0.849. The molecule has 0 bridgehead atoms. The Labute approximate surface area is 100 Å². The SMILES string of the molecule is Cc1cccc(C(=O)NC(C)CCO)c1Cl. The molecular formula is C12H16ClNO2. The Bertz CT molecular complexity index is 379. The first-order chi connectivity index (χ1) is 7.56. The van der Waals surface area contributed by atoms with E-state index in [1.807, 2.05) is 19.9 Å². The van der Waals surface area contributed by atoms with Crippen LogP contribution in [0.5, 0.6) is 0 Å². The molecule has 0 heterocycles. The number of hydrogen-bond donors (Lipinski definition) is 2. The van der Waals surface area contributed by atoms with E-state index >= 15 is 0 Å². The second-order valence-electron chi connectivity index (χ2n) is 3.82. The van der Waals surface area contributed by atoms with Crippen molar-refractivity contribution < 1.29 is 9.90 Å². The zero-order chi connectivity index (χ0) is 12.1. The first kappa shape index (κ1) is 13.0. The number of aryl methyl sites for hydroxylation is 1. The molecule has 0 aromatic heterocycles. The highest BCUT2D eigenvalue weighted by atomic mass is 35.5. The molecule has 0 aliphatic carbocycles. The molecule has 1 aromatic carbocycles. The molecule has 88 valence electrons. The van der Waals surface area contributed by atoms with E-state index in [0.29, 0.717) is 17.0 Å². The lowest BCUT2D eigenvalue weighted by molar-refractivity contribution is 0.0934. The minimum absolute atomic E-state index is 0.0585. The van der Waals surface area contributed by atoms with Crippen molar-refractivity contribution in [1.82, 2.24) is 5.32 Å². The summed E-state index contributed by atoms with van der Waals surface area (Å²) in [7, 11) is 0. The molecule has 1 rings (SSSR count). The summed E-state index contributed by atoms with van der Waals surface area (Å²) >= 11 is 6.04. The number of carbonyl (C=O) groups is 1. The van der Waals surface area contributed by atoms with Crippen LogP contribution < -0.4 is 5.32 Å². The molecule has 1 amide bonds. The lowest BCUT2D eigenvalue weighted by atomic mass is 10.1. The summed E-state index contributed by atoms with van der Waals surface area (Å²) in [5.74, 6) is -0.199. The number of halogens is 1. The summed E-state index contributed by atoms with van der Waals surface area (Å²) in [4.78, 5) is 11.8. The average molecular weight is 242 g/mol. The van der Waals surface area contributed by atoms with Gasteiger partial charge >= 0.3 is 0 Å². The Morgan fingerprint density at radius 1 is 1.56 bits per heavy atom. The first-order valence-corrected chi connectivity index (χ1v) is 5.61. The Hall–Kier alpha value is -1.06. The van der Waals surface area contributed by atoms with Gasteiger partial charge < -0.3 is 10.4 Å². The smallest absolute Gasteiger partial charge is 0.253 e. The molecule has 0 spiro atoms. The molecule has 1 atom stereocenters. The molecule has 1 aromatic rings.